The molecule has 1 N–H and O–H groups in total. The van der Waals surface area contributed by atoms with Crippen LogP contribution in [-0.2, 0) is 9.53 Å². The molecule has 0 radical (unpaired) electrons. The van der Waals surface area contributed by atoms with E-state index in [1.54, 1.807) is 6.92 Å². The summed E-state index contributed by atoms with van der Waals surface area (Å²) in [5, 5.41) is 0. The molecule has 0 saturated heterocycles. The van der Waals surface area contributed by atoms with Crippen molar-refractivity contribution in [3.63, 3.8) is 0 Å². The molecule has 50 valence electrons. The number of esters is 1. The van der Waals surface area contributed by atoms with Gasteiger partial charge in [0.1, 0.15) is 0 Å². The van der Waals surface area contributed by atoms with Gasteiger partial charge in [-0.2, -0.15) is 0 Å². The van der Waals surface area contributed by atoms with Gasteiger partial charge in [0.25, 0.3) is 0 Å². The lowest BCUT2D eigenvalue weighted by Crippen LogP contribution is -2.14. The summed E-state index contributed by atoms with van der Waals surface area (Å²) >= 11 is 0. The topological polar surface area (TPSA) is 64.2 Å². The van der Waals surface area contributed by atoms with Crippen LogP contribution in [0.15, 0.2) is 0 Å². The number of carbonyl (C=O) groups excluding carboxylic acids is 1. The molecular formula is C5H9N2O2+. The first-order valence-electron chi connectivity index (χ1n) is 2.60. The Morgan fingerprint density at radius 2 is 2.33 bits per heavy atom. The van der Waals surface area contributed by atoms with Crippen molar-refractivity contribution in [3.8, 4) is 0 Å². The van der Waals surface area contributed by atoms with Gasteiger partial charge in [-0.3, -0.25) is 0 Å². The third-order valence-corrected chi connectivity index (χ3v) is 0.739. The van der Waals surface area contributed by atoms with Gasteiger partial charge in [-0.15, -0.1) is 0 Å². The monoisotopic (exact) mass is 129 g/mol. The smallest absolute Gasteiger partial charge is 0.421 e. The molecule has 0 saturated carbocycles. The maximum Gasteiger partial charge on any atom is 0.421 e. The highest BCUT2D eigenvalue weighted by atomic mass is 16.5. The molecule has 4 nitrogen and oxygen atoms in total. The summed E-state index contributed by atoms with van der Waals surface area (Å²) in [6, 6.07) is 0. The fourth-order valence-electron chi connectivity index (χ4n) is 0.281. The van der Waals surface area contributed by atoms with Gasteiger partial charge in [0, 0.05) is 0 Å². The molecule has 0 atom stereocenters. The summed E-state index contributed by atoms with van der Waals surface area (Å²) in [5.41, 5.74) is 6.49. The molecule has 0 aliphatic heterocycles. The van der Waals surface area contributed by atoms with Crippen molar-refractivity contribution < 1.29 is 14.3 Å². The fourth-order valence-corrected chi connectivity index (χ4v) is 0.281. The van der Waals surface area contributed by atoms with E-state index in [2.05, 4.69) is 9.53 Å². The summed E-state index contributed by atoms with van der Waals surface area (Å²) in [4.78, 5) is 13.4. The van der Waals surface area contributed by atoms with E-state index in [1.807, 2.05) is 0 Å². The Labute approximate surface area is 53.1 Å². The van der Waals surface area contributed by atoms with Gasteiger partial charge in [-0.1, -0.05) is 0 Å². The minimum atomic E-state index is -0.521. The van der Waals surface area contributed by atoms with E-state index in [-0.39, 0.29) is 5.71 Å². The Hall–Kier alpha value is -1.15. The first kappa shape index (κ1) is 7.85. The van der Waals surface area contributed by atoms with Gasteiger partial charge in [0.05, 0.1) is 23.9 Å². The summed E-state index contributed by atoms with van der Waals surface area (Å²) in [6.45, 7) is 3.46. The molecule has 0 aromatic rings. The Morgan fingerprint density at radius 1 is 1.78 bits per heavy atom. The standard InChI is InChI=1S/C5H9N2O2/c1-3-9-5(8)4(2)7-6/h6H,3H2,1-2H3/q+1. The zero-order valence-electron chi connectivity index (χ0n) is 5.47. The van der Waals surface area contributed by atoms with Crippen LogP contribution in [0.2, 0.25) is 0 Å². The second kappa shape index (κ2) is 3.80. The minimum Gasteiger partial charge on any atom is -0.457 e. The van der Waals surface area contributed by atoms with Crippen molar-refractivity contribution in [2.75, 3.05) is 6.61 Å². The van der Waals surface area contributed by atoms with Gasteiger partial charge in [-0.05, 0) is 6.92 Å². The number of hydrogen-bond acceptors (Lipinski definition) is 3. The van der Waals surface area contributed by atoms with E-state index >= 15 is 0 Å². The van der Waals surface area contributed by atoms with Crippen LogP contribution in [0.25, 0.3) is 0 Å². The summed E-state index contributed by atoms with van der Waals surface area (Å²) in [5.74, 6) is -0.521. The molecule has 4 heteroatoms. The van der Waals surface area contributed by atoms with Gasteiger partial charge in [0.15, 0.2) is 0 Å². The van der Waals surface area contributed by atoms with Crippen molar-refractivity contribution >= 4 is 11.7 Å². The first-order chi connectivity index (χ1) is 4.22. The Kier molecular flexibility index (Phi) is 3.32. The highest BCUT2D eigenvalue weighted by Crippen LogP contribution is 1.77. The van der Waals surface area contributed by atoms with Gasteiger partial charge >= 0.3 is 11.7 Å². The predicted octanol–water partition coefficient (Wildman–Crippen LogP) is 0.250. The highest BCUT2D eigenvalue weighted by molar-refractivity contribution is 6.32. The average molecular weight is 129 g/mol. The molecule has 0 bridgehead atoms. The SMILES string of the molecule is CCOC(=O)C(C)=[N+]=N. The Morgan fingerprint density at radius 3 is 2.67 bits per heavy atom. The second-order valence-electron chi connectivity index (χ2n) is 1.42. The second-order valence-corrected chi connectivity index (χ2v) is 1.42. The lowest BCUT2D eigenvalue weighted by molar-refractivity contribution is -0.152. The number of ether oxygens (including phenoxy) is 1. The molecule has 0 rings (SSSR count). The van der Waals surface area contributed by atoms with Crippen LogP contribution >= 0.6 is 0 Å². The zero-order chi connectivity index (χ0) is 7.28. The summed E-state index contributed by atoms with van der Waals surface area (Å²) < 4.78 is 4.50. The van der Waals surface area contributed by atoms with Crippen molar-refractivity contribution in [2.45, 2.75) is 13.8 Å². The quantitative estimate of drug-likeness (QED) is 0.251. The number of hydrogen-bond donors (Lipinski definition) is 1. The van der Waals surface area contributed by atoms with E-state index < -0.39 is 5.97 Å². The third kappa shape index (κ3) is 2.61. The van der Waals surface area contributed by atoms with Gasteiger partial charge in [0.2, 0.25) is 0 Å². The summed E-state index contributed by atoms with van der Waals surface area (Å²) in [7, 11) is 0. The van der Waals surface area contributed by atoms with Crippen LogP contribution in [-0.4, -0.2) is 23.1 Å². The lowest BCUT2D eigenvalue weighted by Gasteiger charge is -1.89. The van der Waals surface area contributed by atoms with E-state index in [4.69, 9.17) is 5.53 Å². The van der Waals surface area contributed by atoms with E-state index in [9.17, 15) is 4.79 Å². The van der Waals surface area contributed by atoms with Gasteiger partial charge in [-0.25, -0.2) is 4.79 Å². The third-order valence-electron chi connectivity index (χ3n) is 0.739. The average Bonchev–Trinajstić information content (AvgIpc) is 1.87. The molecule has 0 amide bonds. The molecular weight excluding hydrogens is 120 g/mol. The normalized spacial score (nSPS) is 7.78. The number of rotatable bonds is 2. The molecule has 0 aromatic heterocycles. The van der Waals surface area contributed by atoms with Crippen LogP contribution in [0.4, 0.5) is 0 Å². The maximum atomic E-state index is 10.5. The Bertz CT molecular complexity index is 158. The zero-order valence-corrected chi connectivity index (χ0v) is 5.47. The Balaban J connectivity index is 3.89. The molecule has 0 fully saturated rings. The van der Waals surface area contributed by atoms with Crippen molar-refractivity contribution in [1.29, 1.82) is 5.53 Å². The largest absolute Gasteiger partial charge is 0.457 e. The minimum absolute atomic E-state index is 0.0804. The highest BCUT2D eigenvalue weighted by Gasteiger charge is 2.15. The number of nitrogens with one attached hydrogen (secondary N) is 1. The van der Waals surface area contributed by atoms with Crippen LogP contribution in [0.3, 0.4) is 0 Å². The predicted molar refractivity (Wildman–Crippen MR) is 30.3 cm³/mol. The van der Waals surface area contributed by atoms with Crippen molar-refractivity contribution in [1.82, 2.24) is 0 Å². The van der Waals surface area contributed by atoms with Crippen LogP contribution < -0.4 is 0 Å². The van der Waals surface area contributed by atoms with Crippen molar-refractivity contribution in [2.24, 2.45) is 0 Å². The molecule has 0 heterocycles. The van der Waals surface area contributed by atoms with E-state index in [0.29, 0.717) is 6.61 Å². The molecule has 9 heavy (non-hydrogen) atoms. The molecule has 0 unspecified atom stereocenters. The molecule has 0 aliphatic rings. The fraction of sp³-hybridized carbons (Fsp3) is 0.600. The van der Waals surface area contributed by atoms with Crippen LogP contribution in [0.5, 0.6) is 0 Å². The molecule has 0 spiro atoms. The van der Waals surface area contributed by atoms with E-state index in [0.717, 1.165) is 0 Å². The number of carbonyl (C=O) groups is 1. The molecule has 0 aliphatic carbocycles. The van der Waals surface area contributed by atoms with Crippen molar-refractivity contribution in [3.05, 3.63) is 0 Å². The number of nitrogens with zero attached hydrogens (tertiary/aromatic N) is 1. The van der Waals surface area contributed by atoms with Gasteiger partial charge < -0.3 is 4.74 Å². The lowest BCUT2D eigenvalue weighted by atomic mass is 10.4. The van der Waals surface area contributed by atoms with Crippen LogP contribution in [0, 0.1) is 5.53 Å². The van der Waals surface area contributed by atoms with Crippen LogP contribution in [0.1, 0.15) is 13.8 Å². The summed E-state index contributed by atoms with van der Waals surface area (Å²) in [6.07, 6.45) is 0. The maximum absolute atomic E-state index is 10.5. The van der Waals surface area contributed by atoms with E-state index in [1.165, 1.54) is 6.92 Å². The first-order valence-corrected chi connectivity index (χ1v) is 2.60. The molecule has 0 aromatic carbocycles.